The highest BCUT2D eigenvalue weighted by molar-refractivity contribution is 6.36. The highest BCUT2D eigenvalue weighted by Crippen LogP contribution is 2.20. The highest BCUT2D eigenvalue weighted by atomic mass is 35.5. The van der Waals surface area contributed by atoms with E-state index in [0.717, 1.165) is 28.0 Å². The lowest BCUT2D eigenvalue weighted by Gasteiger charge is -2.12. The Kier molecular flexibility index (Phi) is 3.34. The normalized spacial score (nSPS) is 14.2. The van der Waals surface area contributed by atoms with Gasteiger partial charge in [-0.2, -0.15) is 0 Å². The van der Waals surface area contributed by atoms with Crippen LogP contribution in [0, 0.1) is 0 Å². The van der Waals surface area contributed by atoms with E-state index >= 15 is 0 Å². The first-order chi connectivity index (χ1) is 8.52. The minimum absolute atomic E-state index is 0.602. The van der Waals surface area contributed by atoms with Gasteiger partial charge in [0.15, 0.2) is 0 Å². The fourth-order valence-corrected chi connectivity index (χ4v) is 1.80. The molecule has 2 heterocycles. The number of anilines is 1. The number of hydrogen-bond donors (Lipinski definition) is 1. The van der Waals surface area contributed by atoms with Gasteiger partial charge in [-0.15, -0.1) is 0 Å². The van der Waals surface area contributed by atoms with Gasteiger partial charge in [-0.25, -0.2) is 9.98 Å². The molecule has 2 rings (SSSR count). The molecule has 0 saturated carbocycles. The van der Waals surface area contributed by atoms with Crippen molar-refractivity contribution in [2.45, 2.75) is 13.8 Å². The van der Waals surface area contributed by atoms with Gasteiger partial charge in [0.25, 0.3) is 0 Å². The number of hydrogen-bond acceptors (Lipinski definition) is 3. The van der Waals surface area contributed by atoms with Gasteiger partial charge in [0.05, 0.1) is 5.35 Å². The van der Waals surface area contributed by atoms with Crippen molar-refractivity contribution in [2.75, 3.05) is 5.32 Å². The van der Waals surface area contributed by atoms with Crippen molar-refractivity contribution >= 4 is 41.6 Å². The lowest BCUT2D eigenvalue weighted by Crippen LogP contribution is -2.27. The van der Waals surface area contributed by atoms with Gasteiger partial charge in [0, 0.05) is 22.0 Å². The minimum atomic E-state index is 0.602. The number of aromatic nitrogens is 1. The van der Waals surface area contributed by atoms with Crippen LogP contribution in [0.5, 0.6) is 0 Å². The summed E-state index contributed by atoms with van der Waals surface area (Å²) in [7, 11) is 0. The summed E-state index contributed by atoms with van der Waals surface area (Å²) in [5.74, 6) is 1.58. The summed E-state index contributed by atoms with van der Waals surface area (Å²) in [6, 6.07) is 1.95. The largest absolute Gasteiger partial charge is 0.328 e. The molecular formula is C14H14ClN3. The smallest absolute Gasteiger partial charge is 0.140 e. The first kappa shape index (κ1) is 12.6. The Labute approximate surface area is 111 Å². The third-order valence-electron chi connectivity index (χ3n) is 2.69. The molecule has 1 aromatic rings. The van der Waals surface area contributed by atoms with Gasteiger partial charge in [0.1, 0.15) is 11.7 Å². The zero-order chi connectivity index (χ0) is 13.3. The second-order valence-electron chi connectivity index (χ2n) is 4.00. The molecule has 92 valence electrons. The van der Waals surface area contributed by atoms with Crippen LogP contribution in [0.3, 0.4) is 0 Å². The summed E-state index contributed by atoms with van der Waals surface area (Å²) < 4.78 is 0. The van der Waals surface area contributed by atoms with Crippen LogP contribution in [0.25, 0.3) is 18.4 Å². The molecule has 0 unspecified atom stereocenters. The van der Waals surface area contributed by atoms with E-state index in [0.29, 0.717) is 10.4 Å². The van der Waals surface area contributed by atoms with Crippen molar-refractivity contribution in [2.24, 2.45) is 4.99 Å². The monoisotopic (exact) mass is 259 g/mol. The minimum Gasteiger partial charge on any atom is -0.328 e. The van der Waals surface area contributed by atoms with Crippen molar-refractivity contribution in [1.29, 1.82) is 0 Å². The van der Waals surface area contributed by atoms with Crippen LogP contribution in [-0.2, 0) is 0 Å². The van der Waals surface area contributed by atoms with Gasteiger partial charge in [-0.3, -0.25) is 0 Å². The predicted molar refractivity (Wildman–Crippen MR) is 78.8 cm³/mol. The average Bonchev–Trinajstić information content (AvgIpc) is 2.36. The molecule has 0 amide bonds. The molecule has 0 saturated heterocycles. The maximum Gasteiger partial charge on any atom is 0.140 e. The first-order valence-corrected chi connectivity index (χ1v) is 5.94. The van der Waals surface area contributed by atoms with Gasteiger partial charge >= 0.3 is 0 Å². The van der Waals surface area contributed by atoms with Crippen LogP contribution in [0.2, 0.25) is 0 Å². The number of rotatable bonds is 2. The molecule has 1 aliphatic heterocycles. The summed E-state index contributed by atoms with van der Waals surface area (Å²) in [5.41, 5.74) is 1.56. The molecule has 0 fully saturated rings. The summed E-state index contributed by atoms with van der Waals surface area (Å²) in [5, 5.41) is 5.26. The molecule has 3 nitrogen and oxygen atoms in total. The number of halogens is 1. The fraction of sp³-hybridized carbons (Fsp3) is 0.143. The van der Waals surface area contributed by atoms with Crippen molar-refractivity contribution in [3.8, 4) is 0 Å². The van der Waals surface area contributed by atoms with Gasteiger partial charge in [0.2, 0.25) is 0 Å². The number of aliphatic imine (C=N–C) groups is 1. The predicted octanol–water partition coefficient (Wildman–Crippen LogP) is 2.23. The van der Waals surface area contributed by atoms with E-state index in [9.17, 15) is 0 Å². The third kappa shape index (κ3) is 2.22. The van der Waals surface area contributed by atoms with Gasteiger partial charge in [-0.05, 0) is 25.5 Å². The molecule has 18 heavy (non-hydrogen) atoms. The Morgan fingerprint density at radius 2 is 2.22 bits per heavy atom. The Hall–Kier alpha value is -1.87. The second-order valence-corrected chi connectivity index (χ2v) is 4.41. The number of nitrogens with zero attached hydrogens (tertiary/aromatic N) is 2. The molecule has 0 spiro atoms. The van der Waals surface area contributed by atoms with Crippen LogP contribution in [0.4, 0.5) is 5.82 Å². The number of allylic oxidation sites excluding steroid dienone is 3. The number of nitrogens with one attached hydrogen (secondary N) is 1. The second kappa shape index (κ2) is 4.78. The lowest BCUT2D eigenvalue weighted by atomic mass is 10.1. The zero-order valence-corrected chi connectivity index (χ0v) is 11.2. The van der Waals surface area contributed by atoms with E-state index in [-0.39, 0.29) is 0 Å². The maximum absolute atomic E-state index is 6.08. The maximum atomic E-state index is 6.08. The van der Waals surface area contributed by atoms with Crippen LogP contribution in [0.15, 0.2) is 28.7 Å². The van der Waals surface area contributed by atoms with Gasteiger partial charge in [-0.1, -0.05) is 30.8 Å². The van der Waals surface area contributed by atoms with Crippen molar-refractivity contribution in [1.82, 2.24) is 4.98 Å². The average molecular weight is 260 g/mol. The van der Waals surface area contributed by atoms with Crippen molar-refractivity contribution in [3.63, 3.8) is 0 Å². The SMILES string of the molecule is C=C(/C(Cl)=C\C)c1cc2c(nc1=C)NC(C)=NC=2. The molecule has 0 aliphatic carbocycles. The summed E-state index contributed by atoms with van der Waals surface area (Å²) in [6.07, 6.45) is 3.57. The van der Waals surface area contributed by atoms with Crippen molar-refractivity contribution in [3.05, 3.63) is 39.9 Å². The molecule has 0 atom stereocenters. The highest BCUT2D eigenvalue weighted by Gasteiger charge is 2.09. The number of fused-ring (bicyclic) bond motifs is 1. The van der Waals surface area contributed by atoms with Crippen LogP contribution < -0.4 is 15.9 Å². The van der Waals surface area contributed by atoms with E-state index in [2.05, 4.69) is 28.5 Å². The lowest BCUT2D eigenvalue weighted by molar-refractivity contribution is 1.20. The van der Waals surface area contributed by atoms with E-state index in [1.54, 1.807) is 12.3 Å². The Bertz CT molecular complexity index is 684. The summed E-state index contributed by atoms with van der Waals surface area (Å²) in [6.45, 7) is 11.7. The molecule has 0 radical (unpaired) electrons. The topological polar surface area (TPSA) is 37.3 Å². The quantitative estimate of drug-likeness (QED) is 0.827. The molecular weight excluding hydrogens is 246 g/mol. The van der Waals surface area contributed by atoms with Gasteiger partial charge < -0.3 is 5.32 Å². The van der Waals surface area contributed by atoms with Crippen LogP contribution >= 0.6 is 11.6 Å². The van der Waals surface area contributed by atoms with E-state index in [1.807, 2.05) is 19.9 Å². The van der Waals surface area contributed by atoms with Crippen LogP contribution in [0.1, 0.15) is 19.4 Å². The van der Waals surface area contributed by atoms with E-state index < -0.39 is 0 Å². The van der Waals surface area contributed by atoms with E-state index in [4.69, 9.17) is 11.6 Å². The molecule has 1 aromatic heterocycles. The Morgan fingerprint density at radius 1 is 1.50 bits per heavy atom. The Balaban J connectivity index is 2.61. The third-order valence-corrected chi connectivity index (χ3v) is 3.14. The summed E-state index contributed by atoms with van der Waals surface area (Å²) >= 11 is 6.08. The first-order valence-electron chi connectivity index (χ1n) is 5.56. The fourth-order valence-electron chi connectivity index (χ4n) is 1.70. The zero-order valence-electron chi connectivity index (χ0n) is 10.4. The molecule has 4 heteroatoms. The standard InChI is InChI=1S/C14H14ClN3/c1-5-13(15)8(2)12-6-11-7-16-10(4)18-14(11)17-9(12)3/h5-7H,2-3H2,1,4H3,(H,16,17,18)/b13-5+. The number of amidine groups is 1. The molecule has 1 aliphatic rings. The molecule has 0 aromatic carbocycles. The molecule has 1 N–H and O–H groups in total. The number of pyridine rings is 1. The summed E-state index contributed by atoms with van der Waals surface area (Å²) in [4.78, 5) is 8.63. The Morgan fingerprint density at radius 3 is 2.89 bits per heavy atom. The van der Waals surface area contributed by atoms with E-state index in [1.165, 1.54) is 0 Å². The van der Waals surface area contributed by atoms with Crippen LogP contribution in [-0.4, -0.2) is 10.8 Å². The molecule has 0 bridgehead atoms. The van der Waals surface area contributed by atoms with Crippen molar-refractivity contribution < 1.29 is 0 Å².